The van der Waals surface area contributed by atoms with Gasteiger partial charge in [0, 0.05) is 11.3 Å². The van der Waals surface area contributed by atoms with Gasteiger partial charge in [-0.05, 0) is 47.9 Å². The van der Waals surface area contributed by atoms with Crippen molar-refractivity contribution in [1.82, 2.24) is 10.3 Å². The Labute approximate surface area is 188 Å². The molecule has 3 rings (SSSR count). The van der Waals surface area contributed by atoms with Crippen molar-refractivity contribution in [3.05, 3.63) is 101 Å². The van der Waals surface area contributed by atoms with Gasteiger partial charge < -0.3 is 5.32 Å². The van der Waals surface area contributed by atoms with Gasteiger partial charge in [-0.15, -0.1) is 0 Å². The maximum atomic E-state index is 5.13. The maximum absolute atomic E-state index is 5.13. The minimum Gasteiger partial charge on any atom is -0.376 e. The van der Waals surface area contributed by atoms with Gasteiger partial charge in [0.25, 0.3) is 0 Å². The van der Waals surface area contributed by atoms with E-state index in [1.54, 1.807) is 0 Å². The lowest BCUT2D eigenvalue weighted by Gasteiger charge is -2.28. The van der Waals surface area contributed by atoms with Crippen molar-refractivity contribution in [1.29, 1.82) is 0 Å². The summed E-state index contributed by atoms with van der Waals surface area (Å²) in [6.07, 6.45) is 2.37. The van der Waals surface area contributed by atoms with Crippen LogP contribution < -0.4 is 5.32 Å². The van der Waals surface area contributed by atoms with Crippen LogP contribution in [0.1, 0.15) is 57.5 Å². The lowest BCUT2D eigenvalue weighted by molar-refractivity contribution is 0.436. The van der Waals surface area contributed by atoms with Gasteiger partial charge in [0.05, 0.1) is 17.4 Å². The second kappa shape index (κ2) is 10.4. The molecule has 2 nitrogen and oxygen atoms in total. The topological polar surface area (TPSA) is 24.9 Å². The third-order valence-corrected chi connectivity index (χ3v) is 5.93. The molecule has 0 fully saturated rings. The van der Waals surface area contributed by atoms with E-state index in [0.717, 1.165) is 11.4 Å². The monoisotopic (exact) mass is 412 g/mol. The zero-order valence-electron chi connectivity index (χ0n) is 19.8. The number of allylic oxidation sites excluding steroid dienone is 2. The molecule has 1 aromatic heterocycles. The van der Waals surface area contributed by atoms with E-state index in [4.69, 9.17) is 4.98 Å². The van der Waals surface area contributed by atoms with Crippen LogP contribution in [-0.2, 0) is 0 Å². The molecule has 162 valence electrons. The van der Waals surface area contributed by atoms with E-state index in [2.05, 4.69) is 126 Å². The number of pyridine rings is 1. The molecule has 2 atom stereocenters. The molecule has 2 heteroatoms. The number of hydrogen-bond donors (Lipinski definition) is 1. The van der Waals surface area contributed by atoms with Crippen LogP contribution in [0.4, 0.5) is 0 Å². The maximum Gasteiger partial charge on any atom is 0.0937 e. The summed E-state index contributed by atoms with van der Waals surface area (Å²) in [5.41, 5.74) is 7.00. The molecule has 0 bridgehead atoms. The molecule has 0 aliphatic carbocycles. The van der Waals surface area contributed by atoms with E-state index in [0.29, 0.717) is 17.8 Å². The van der Waals surface area contributed by atoms with Crippen LogP contribution in [0.25, 0.3) is 11.3 Å². The average Bonchev–Trinajstić information content (AvgIpc) is 2.76. The number of rotatable bonds is 8. The van der Waals surface area contributed by atoms with Gasteiger partial charge in [0.1, 0.15) is 0 Å². The second-order valence-corrected chi connectivity index (χ2v) is 9.15. The van der Waals surface area contributed by atoms with Gasteiger partial charge in [-0.25, -0.2) is 0 Å². The van der Waals surface area contributed by atoms with Crippen LogP contribution in [0, 0.1) is 24.7 Å². The number of hydrogen-bond acceptors (Lipinski definition) is 2. The predicted molar refractivity (Wildman–Crippen MR) is 133 cm³/mol. The SMILES string of the molecule is Cc1ccccc1-c1cccc(C(N/C(=C\C(C)C)C(C)C(C)C)c2ccccc2)n1. The van der Waals surface area contributed by atoms with Crippen molar-refractivity contribution < 1.29 is 0 Å². The van der Waals surface area contributed by atoms with E-state index < -0.39 is 0 Å². The first-order chi connectivity index (χ1) is 14.9. The summed E-state index contributed by atoms with van der Waals surface area (Å²) in [5.74, 6) is 1.47. The van der Waals surface area contributed by atoms with Gasteiger partial charge in [0.2, 0.25) is 0 Å². The van der Waals surface area contributed by atoms with Crippen molar-refractivity contribution in [3.8, 4) is 11.3 Å². The molecule has 0 amide bonds. The molecule has 0 saturated heterocycles. The smallest absolute Gasteiger partial charge is 0.0937 e. The normalized spacial score (nSPS) is 14.0. The van der Waals surface area contributed by atoms with Gasteiger partial charge in [0.15, 0.2) is 0 Å². The highest BCUT2D eigenvalue weighted by molar-refractivity contribution is 5.63. The van der Waals surface area contributed by atoms with E-state index in [-0.39, 0.29) is 6.04 Å². The van der Waals surface area contributed by atoms with E-state index in [9.17, 15) is 0 Å². The Kier molecular flexibility index (Phi) is 7.68. The first-order valence-electron chi connectivity index (χ1n) is 11.4. The predicted octanol–water partition coefficient (Wildman–Crippen LogP) is 7.57. The molecule has 3 aromatic rings. The van der Waals surface area contributed by atoms with E-state index >= 15 is 0 Å². The molecule has 1 N–H and O–H groups in total. The van der Waals surface area contributed by atoms with Crippen LogP contribution in [0.3, 0.4) is 0 Å². The highest BCUT2D eigenvalue weighted by atomic mass is 15.0. The quantitative estimate of drug-likeness (QED) is 0.413. The minimum atomic E-state index is -0.00336. The summed E-state index contributed by atoms with van der Waals surface area (Å²) in [6.45, 7) is 13.5. The van der Waals surface area contributed by atoms with Crippen molar-refractivity contribution in [2.45, 2.75) is 47.6 Å². The van der Waals surface area contributed by atoms with Crippen molar-refractivity contribution in [2.75, 3.05) is 0 Å². The van der Waals surface area contributed by atoms with Crippen molar-refractivity contribution in [2.24, 2.45) is 17.8 Å². The largest absolute Gasteiger partial charge is 0.376 e. The molecule has 31 heavy (non-hydrogen) atoms. The molecule has 0 spiro atoms. The minimum absolute atomic E-state index is 0.00336. The Morgan fingerprint density at radius 1 is 0.806 bits per heavy atom. The molecule has 0 aliphatic heterocycles. The summed E-state index contributed by atoms with van der Waals surface area (Å²) in [7, 11) is 0. The van der Waals surface area contributed by atoms with Crippen molar-refractivity contribution in [3.63, 3.8) is 0 Å². The Morgan fingerprint density at radius 3 is 2.13 bits per heavy atom. The Hall–Kier alpha value is -2.87. The molecule has 2 unspecified atom stereocenters. The third kappa shape index (κ3) is 5.85. The van der Waals surface area contributed by atoms with Gasteiger partial charge in [-0.2, -0.15) is 0 Å². The van der Waals surface area contributed by atoms with Crippen LogP contribution in [-0.4, -0.2) is 4.98 Å². The van der Waals surface area contributed by atoms with Crippen LogP contribution in [0.15, 0.2) is 84.6 Å². The fourth-order valence-electron chi connectivity index (χ4n) is 3.81. The molecular weight excluding hydrogens is 376 g/mol. The van der Waals surface area contributed by atoms with E-state index in [1.165, 1.54) is 22.4 Å². The number of aromatic nitrogens is 1. The first kappa shape index (κ1) is 22.8. The highest BCUT2D eigenvalue weighted by Gasteiger charge is 2.21. The molecule has 0 aliphatic rings. The first-order valence-corrected chi connectivity index (χ1v) is 11.4. The lowest BCUT2D eigenvalue weighted by atomic mass is 9.91. The van der Waals surface area contributed by atoms with E-state index in [1.807, 2.05) is 0 Å². The number of nitrogens with one attached hydrogen (secondary N) is 1. The summed E-state index contributed by atoms with van der Waals surface area (Å²) in [5, 5.41) is 3.89. The molecule has 0 saturated carbocycles. The van der Waals surface area contributed by atoms with Crippen LogP contribution in [0.2, 0.25) is 0 Å². The molecule has 1 heterocycles. The third-order valence-electron chi connectivity index (χ3n) is 5.93. The molecule has 0 radical (unpaired) electrons. The summed E-state index contributed by atoms with van der Waals surface area (Å²) in [6, 6.07) is 25.5. The van der Waals surface area contributed by atoms with Gasteiger partial charge >= 0.3 is 0 Å². The Balaban J connectivity index is 2.07. The molecule has 2 aromatic carbocycles. The lowest BCUT2D eigenvalue weighted by Crippen LogP contribution is -2.28. The summed E-state index contributed by atoms with van der Waals surface area (Å²) >= 11 is 0. The second-order valence-electron chi connectivity index (χ2n) is 9.15. The zero-order chi connectivity index (χ0) is 22.4. The van der Waals surface area contributed by atoms with Gasteiger partial charge in [-0.3, -0.25) is 4.98 Å². The molecular formula is C29H36N2. The summed E-state index contributed by atoms with van der Waals surface area (Å²) in [4.78, 5) is 5.13. The Bertz CT molecular complexity index is 1000. The standard InChI is InChI=1S/C29H36N2/c1-20(2)19-28(23(6)21(3)4)31-29(24-14-8-7-9-15-24)27-18-12-17-26(30-27)25-16-11-10-13-22(25)5/h7-21,23,29,31H,1-6H3/b28-19-. The van der Waals surface area contributed by atoms with Gasteiger partial charge in [-0.1, -0.05) is 101 Å². The number of nitrogens with zero attached hydrogens (tertiary/aromatic N) is 1. The fraction of sp³-hybridized carbons (Fsp3) is 0.345. The van der Waals surface area contributed by atoms with Crippen LogP contribution >= 0.6 is 0 Å². The average molecular weight is 413 g/mol. The number of aryl methyl sites for hydroxylation is 1. The Morgan fingerprint density at radius 2 is 1.48 bits per heavy atom. The van der Waals surface area contributed by atoms with Crippen molar-refractivity contribution >= 4 is 0 Å². The number of benzene rings is 2. The van der Waals surface area contributed by atoms with Crippen LogP contribution in [0.5, 0.6) is 0 Å². The summed E-state index contributed by atoms with van der Waals surface area (Å²) < 4.78 is 0. The fourth-order valence-corrected chi connectivity index (χ4v) is 3.81. The zero-order valence-corrected chi connectivity index (χ0v) is 19.8. The highest BCUT2D eigenvalue weighted by Crippen LogP contribution is 2.29.